The van der Waals surface area contributed by atoms with Gasteiger partial charge in [0.05, 0.1) is 22.5 Å². The van der Waals surface area contributed by atoms with Gasteiger partial charge in [-0.25, -0.2) is 8.42 Å². The van der Waals surface area contributed by atoms with Crippen molar-refractivity contribution in [2.24, 2.45) is 11.8 Å². The molecule has 0 aromatic rings. The van der Waals surface area contributed by atoms with E-state index in [-0.39, 0.29) is 11.2 Å². The maximum atomic E-state index is 12.5. The lowest BCUT2D eigenvalue weighted by Gasteiger charge is -2.33. The minimum atomic E-state index is -3.15. The van der Waals surface area contributed by atoms with Gasteiger partial charge in [0.1, 0.15) is 0 Å². The van der Waals surface area contributed by atoms with Crippen molar-refractivity contribution in [3.05, 3.63) is 0 Å². The summed E-state index contributed by atoms with van der Waals surface area (Å²) >= 11 is 0. The van der Waals surface area contributed by atoms with E-state index >= 15 is 0 Å². The molecular formula is C14H25NO2S. The summed E-state index contributed by atoms with van der Waals surface area (Å²) < 4.78 is 25.0. The molecule has 1 aliphatic rings. The molecule has 0 radical (unpaired) electrons. The fraction of sp³-hybridized carbons (Fsp3) is 0.929. The lowest BCUT2D eigenvalue weighted by atomic mass is 9.80. The Labute approximate surface area is 111 Å². The van der Waals surface area contributed by atoms with Crippen molar-refractivity contribution in [2.45, 2.75) is 69.8 Å². The van der Waals surface area contributed by atoms with Gasteiger partial charge in [-0.15, -0.1) is 0 Å². The van der Waals surface area contributed by atoms with Crippen LogP contribution in [0.2, 0.25) is 0 Å². The van der Waals surface area contributed by atoms with Gasteiger partial charge in [-0.1, -0.05) is 26.7 Å². The smallest absolute Gasteiger partial charge is 0.157 e. The van der Waals surface area contributed by atoms with Crippen molar-refractivity contribution >= 4 is 9.84 Å². The molecule has 4 unspecified atom stereocenters. The van der Waals surface area contributed by atoms with E-state index in [0.29, 0.717) is 18.8 Å². The van der Waals surface area contributed by atoms with Crippen molar-refractivity contribution < 1.29 is 8.42 Å². The number of nitrogens with zero attached hydrogens (tertiary/aromatic N) is 1. The molecule has 0 amide bonds. The fourth-order valence-corrected chi connectivity index (χ4v) is 5.18. The molecule has 0 bridgehead atoms. The molecule has 3 nitrogen and oxygen atoms in total. The van der Waals surface area contributed by atoms with E-state index in [4.69, 9.17) is 0 Å². The minimum Gasteiger partial charge on any atom is -0.228 e. The highest BCUT2D eigenvalue weighted by molar-refractivity contribution is 7.92. The zero-order chi connectivity index (χ0) is 13.8. The average Bonchev–Trinajstić information content (AvgIpc) is 2.38. The SMILES string of the molecule is CCCC1CCC(C#N)C(S(=O)(=O)C(C)CC)C1. The van der Waals surface area contributed by atoms with E-state index in [1.54, 1.807) is 6.92 Å². The van der Waals surface area contributed by atoms with Crippen LogP contribution >= 0.6 is 0 Å². The Hall–Kier alpha value is -0.560. The molecule has 0 saturated heterocycles. The van der Waals surface area contributed by atoms with Gasteiger partial charge in [-0.05, 0) is 38.5 Å². The highest BCUT2D eigenvalue weighted by Crippen LogP contribution is 2.37. The highest BCUT2D eigenvalue weighted by atomic mass is 32.2. The van der Waals surface area contributed by atoms with Crippen LogP contribution in [-0.2, 0) is 9.84 Å². The monoisotopic (exact) mass is 271 g/mol. The van der Waals surface area contributed by atoms with Crippen LogP contribution in [0.25, 0.3) is 0 Å². The normalized spacial score (nSPS) is 30.7. The number of rotatable bonds is 5. The molecule has 0 aliphatic heterocycles. The molecule has 1 rings (SSSR count). The van der Waals surface area contributed by atoms with Crippen LogP contribution in [0, 0.1) is 23.2 Å². The largest absolute Gasteiger partial charge is 0.228 e. The second-order valence-electron chi connectivity index (χ2n) is 5.55. The molecule has 0 aromatic carbocycles. The number of hydrogen-bond donors (Lipinski definition) is 0. The third-order valence-corrected chi connectivity index (χ3v) is 7.14. The zero-order valence-electron chi connectivity index (χ0n) is 11.7. The fourth-order valence-electron chi connectivity index (χ4n) is 2.92. The van der Waals surface area contributed by atoms with Crippen molar-refractivity contribution in [1.82, 2.24) is 0 Å². The van der Waals surface area contributed by atoms with Gasteiger partial charge in [0, 0.05) is 0 Å². The topological polar surface area (TPSA) is 57.9 Å². The highest BCUT2D eigenvalue weighted by Gasteiger charge is 2.40. The number of hydrogen-bond acceptors (Lipinski definition) is 3. The first-order valence-electron chi connectivity index (χ1n) is 7.09. The van der Waals surface area contributed by atoms with Crippen molar-refractivity contribution in [3.63, 3.8) is 0 Å². The molecule has 1 aliphatic carbocycles. The van der Waals surface area contributed by atoms with Crippen LogP contribution in [0.15, 0.2) is 0 Å². The predicted octanol–water partition coefficient (Wildman–Crippen LogP) is 3.31. The Morgan fingerprint density at radius 2 is 2.00 bits per heavy atom. The minimum absolute atomic E-state index is 0.294. The van der Waals surface area contributed by atoms with Crippen LogP contribution in [0.4, 0.5) is 0 Å². The summed E-state index contributed by atoms with van der Waals surface area (Å²) in [5.74, 6) is 0.195. The molecule has 18 heavy (non-hydrogen) atoms. The van der Waals surface area contributed by atoms with E-state index in [2.05, 4.69) is 13.0 Å². The first-order chi connectivity index (χ1) is 8.47. The third kappa shape index (κ3) is 3.26. The van der Waals surface area contributed by atoms with Gasteiger partial charge in [0.25, 0.3) is 0 Å². The van der Waals surface area contributed by atoms with Crippen LogP contribution < -0.4 is 0 Å². The summed E-state index contributed by atoms with van der Waals surface area (Å²) in [6.45, 7) is 5.80. The molecule has 4 atom stereocenters. The van der Waals surface area contributed by atoms with Gasteiger partial charge in [0.15, 0.2) is 9.84 Å². The van der Waals surface area contributed by atoms with Crippen LogP contribution in [0.3, 0.4) is 0 Å². The van der Waals surface area contributed by atoms with Crippen molar-refractivity contribution in [3.8, 4) is 6.07 Å². The van der Waals surface area contributed by atoms with Gasteiger partial charge < -0.3 is 0 Å². The summed E-state index contributed by atoms with van der Waals surface area (Å²) in [5, 5.41) is 8.43. The summed E-state index contributed by atoms with van der Waals surface area (Å²) in [4.78, 5) is 0. The van der Waals surface area contributed by atoms with Gasteiger partial charge in [-0.3, -0.25) is 0 Å². The average molecular weight is 271 g/mol. The Morgan fingerprint density at radius 3 is 2.50 bits per heavy atom. The Bertz CT molecular complexity index is 397. The molecule has 104 valence electrons. The Morgan fingerprint density at radius 1 is 1.33 bits per heavy atom. The van der Waals surface area contributed by atoms with Crippen molar-refractivity contribution in [2.75, 3.05) is 0 Å². The number of nitriles is 1. The van der Waals surface area contributed by atoms with Gasteiger partial charge >= 0.3 is 0 Å². The summed E-state index contributed by atoms with van der Waals surface area (Å²) in [6, 6.07) is 2.22. The lowest BCUT2D eigenvalue weighted by Crippen LogP contribution is -2.39. The maximum Gasteiger partial charge on any atom is 0.157 e. The summed E-state index contributed by atoms with van der Waals surface area (Å²) in [5.41, 5.74) is 0. The Balaban J connectivity index is 2.90. The molecule has 0 N–H and O–H groups in total. The first-order valence-corrected chi connectivity index (χ1v) is 8.70. The van der Waals surface area contributed by atoms with Crippen LogP contribution in [0.5, 0.6) is 0 Å². The van der Waals surface area contributed by atoms with E-state index in [1.807, 2.05) is 6.92 Å². The maximum absolute atomic E-state index is 12.5. The molecule has 0 heterocycles. The van der Waals surface area contributed by atoms with Crippen LogP contribution in [-0.4, -0.2) is 18.9 Å². The second-order valence-corrected chi connectivity index (χ2v) is 8.14. The predicted molar refractivity (Wildman–Crippen MR) is 73.8 cm³/mol. The molecule has 4 heteroatoms. The molecule has 1 fully saturated rings. The quantitative estimate of drug-likeness (QED) is 0.770. The number of sulfone groups is 1. The van der Waals surface area contributed by atoms with E-state index < -0.39 is 15.1 Å². The van der Waals surface area contributed by atoms with Crippen LogP contribution in [0.1, 0.15) is 59.3 Å². The Kier molecular flexibility index (Phi) is 5.65. The third-order valence-electron chi connectivity index (χ3n) is 4.32. The molecular weight excluding hydrogens is 246 g/mol. The van der Waals surface area contributed by atoms with Gasteiger partial charge in [0.2, 0.25) is 0 Å². The summed E-state index contributed by atoms with van der Waals surface area (Å²) in [6.07, 6.45) is 5.27. The molecule has 1 saturated carbocycles. The summed E-state index contributed by atoms with van der Waals surface area (Å²) in [7, 11) is -3.15. The van der Waals surface area contributed by atoms with Gasteiger partial charge in [-0.2, -0.15) is 5.26 Å². The standard InChI is InChI=1S/C14H25NO2S/c1-4-6-12-7-8-13(10-15)14(9-12)18(16,17)11(3)5-2/h11-14H,4-9H2,1-3H3. The van der Waals surface area contributed by atoms with Crippen molar-refractivity contribution in [1.29, 1.82) is 5.26 Å². The molecule has 0 spiro atoms. The first kappa shape index (κ1) is 15.5. The zero-order valence-corrected chi connectivity index (χ0v) is 12.5. The molecule has 0 aromatic heterocycles. The van der Waals surface area contributed by atoms with E-state index in [9.17, 15) is 13.7 Å². The van der Waals surface area contributed by atoms with E-state index in [1.165, 1.54) is 0 Å². The van der Waals surface area contributed by atoms with E-state index in [0.717, 1.165) is 25.7 Å². The lowest BCUT2D eigenvalue weighted by molar-refractivity contribution is 0.298. The second kappa shape index (κ2) is 6.56.